The smallest absolute Gasteiger partial charge is 0.338 e. The number of nitrogens with zero attached hydrogens (tertiary/aromatic N) is 2. The minimum absolute atomic E-state index is 0.0936. The van der Waals surface area contributed by atoms with Crippen molar-refractivity contribution in [1.82, 2.24) is 10.2 Å². The fraction of sp³-hybridized carbons (Fsp3) is 0.167. The van der Waals surface area contributed by atoms with Crippen molar-refractivity contribution in [3.8, 4) is 11.5 Å². The summed E-state index contributed by atoms with van der Waals surface area (Å²) in [6, 6.07) is 12.7. The number of aryl methyl sites for hydroxylation is 2. The van der Waals surface area contributed by atoms with Gasteiger partial charge in [-0.2, -0.15) is 0 Å². The van der Waals surface area contributed by atoms with Crippen molar-refractivity contribution in [2.75, 3.05) is 0 Å². The highest BCUT2D eigenvalue weighted by molar-refractivity contribution is 6.33. The third kappa shape index (κ3) is 3.46. The van der Waals surface area contributed by atoms with Crippen LogP contribution >= 0.6 is 11.6 Å². The SMILES string of the molecule is Cc1ccc(C(=O)OCc2nnc(-c3ccccc3Cl)o2)c(C)c1. The first-order valence-corrected chi connectivity index (χ1v) is 7.74. The van der Waals surface area contributed by atoms with E-state index in [0.29, 0.717) is 16.1 Å². The third-order valence-corrected chi connectivity index (χ3v) is 3.83. The number of esters is 1. The Kier molecular flexibility index (Phi) is 4.62. The molecular formula is C18H15ClN2O3. The quantitative estimate of drug-likeness (QED) is 0.659. The fourth-order valence-electron chi connectivity index (χ4n) is 2.30. The van der Waals surface area contributed by atoms with E-state index in [0.717, 1.165) is 11.1 Å². The molecule has 0 spiro atoms. The van der Waals surface area contributed by atoms with Crippen LogP contribution in [0.1, 0.15) is 27.4 Å². The molecule has 0 unspecified atom stereocenters. The first-order valence-electron chi connectivity index (χ1n) is 7.36. The van der Waals surface area contributed by atoms with Gasteiger partial charge >= 0.3 is 5.97 Å². The first kappa shape index (κ1) is 16.2. The molecule has 0 bridgehead atoms. The molecule has 0 atom stereocenters. The second kappa shape index (κ2) is 6.84. The van der Waals surface area contributed by atoms with Crippen molar-refractivity contribution >= 4 is 17.6 Å². The summed E-state index contributed by atoms with van der Waals surface area (Å²) in [5.74, 6) is 0.0752. The van der Waals surface area contributed by atoms with Gasteiger partial charge in [-0.25, -0.2) is 4.79 Å². The molecule has 3 rings (SSSR count). The van der Waals surface area contributed by atoms with Crippen molar-refractivity contribution in [3.63, 3.8) is 0 Å². The maximum Gasteiger partial charge on any atom is 0.338 e. The van der Waals surface area contributed by atoms with E-state index in [1.54, 1.807) is 18.2 Å². The van der Waals surface area contributed by atoms with E-state index in [1.807, 2.05) is 38.1 Å². The summed E-state index contributed by atoms with van der Waals surface area (Å²) in [7, 11) is 0. The van der Waals surface area contributed by atoms with Crippen LogP contribution in [0.15, 0.2) is 46.9 Å². The van der Waals surface area contributed by atoms with Crippen molar-refractivity contribution in [2.24, 2.45) is 0 Å². The summed E-state index contributed by atoms with van der Waals surface area (Å²) in [5.41, 5.74) is 3.11. The lowest BCUT2D eigenvalue weighted by atomic mass is 10.1. The summed E-state index contributed by atoms with van der Waals surface area (Å²) in [5, 5.41) is 8.33. The summed E-state index contributed by atoms with van der Waals surface area (Å²) in [6.07, 6.45) is 0. The Morgan fingerprint density at radius 1 is 1.17 bits per heavy atom. The first-order chi connectivity index (χ1) is 11.5. The van der Waals surface area contributed by atoms with Crippen LogP contribution in [-0.2, 0) is 11.3 Å². The van der Waals surface area contributed by atoms with E-state index in [2.05, 4.69) is 10.2 Å². The van der Waals surface area contributed by atoms with Gasteiger partial charge in [0, 0.05) is 0 Å². The van der Waals surface area contributed by atoms with Gasteiger partial charge in [0.05, 0.1) is 16.1 Å². The molecule has 0 N–H and O–H groups in total. The third-order valence-electron chi connectivity index (χ3n) is 3.50. The molecule has 0 radical (unpaired) electrons. The van der Waals surface area contributed by atoms with Crippen LogP contribution in [-0.4, -0.2) is 16.2 Å². The second-order valence-electron chi connectivity index (χ2n) is 5.38. The molecule has 2 aromatic carbocycles. The normalized spacial score (nSPS) is 10.6. The zero-order chi connectivity index (χ0) is 17.1. The average Bonchev–Trinajstić information content (AvgIpc) is 3.02. The van der Waals surface area contributed by atoms with Gasteiger partial charge in [0.25, 0.3) is 5.89 Å². The Balaban J connectivity index is 1.69. The van der Waals surface area contributed by atoms with Gasteiger partial charge in [-0.15, -0.1) is 10.2 Å². The number of benzene rings is 2. The summed E-state index contributed by atoms with van der Waals surface area (Å²) < 4.78 is 10.7. The number of aromatic nitrogens is 2. The standard InChI is InChI=1S/C18H15ClN2O3/c1-11-7-8-13(12(2)9-11)18(22)23-10-16-20-21-17(24-16)14-5-3-4-6-15(14)19/h3-9H,10H2,1-2H3. The van der Waals surface area contributed by atoms with E-state index in [4.69, 9.17) is 20.8 Å². The maximum absolute atomic E-state index is 12.1. The van der Waals surface area contributed by atoms with Crippen LogP contribution in [0.3, 0.4) is 0 Å². The van der Waals surface area contributed by atoms with Gasteiger partial charge < -0.3 is 9.15 Å². The Bertz CT molecular complexity index is 889. The lowest BCUT2D eigenvalue weighted by molar-refractivity contribution is 0.0438. The number of carbonyl (C=O) groups is 1. The molecule has 1 aromatic heterocycles. The number of hydrogen-bond acceptors (Lipinski definition) is 5. The molecule has 0 saturated carbocycles. The molecule has 122 valence electrons. The minimum Gasteiger partial charge on any atom is -0.452 e. The van der Waals surface area contributed by atoms with E-state index in [9.17, 15) is 4.79 Å². The fourth-order valence-corrected chi connectivity index (χ4v) is 2.52. The van der Waals surface area contributed by atoms with Gasteiger partial charge in [-0.1, -0.05) is 41.4 Å². The van der Waals surface area contributed by atoms with E-state index >= 15 is 0 Å². The molecule has 0 saturated heterocycles. The van der Waals surface area contributed by atoms with Crippen molar-refractivity contribution in [1.29, 1.82) is 0 Å². The number of hydrogen-bond donors (Lipinski definition) is 0. The highest BCUT2D eigenvalue weighted by Gasteiger charge is 2.15. The molecule has 0 aliphatic carbocycles. The second-order valence-corrected chi connectivity index (χ2v) is 5.78. The van der Waals surface area contributed by atoms with Crippen LogP contribution in [0.25, 0.3) is 11.5 Å². The maximum atomic E-state index is 12.1. The van der Waals surface area contributed by atoms with Crippen molar-refractivity contribution in [2.45, 2.75) is 20.5 Å². The number of carbonyl (C=O) groups excluding carboxylic acids is 1. The summed E-state index contributed by atoms with van der Waals surface area (Å²) >= 11 is 6.09. The lowest BCUT2D eigenvalue weighted by Gasteiger charge is -2.06. The van der Waals surface area contributed by atoms with Gasteiger partial charge in [0.1, 0.15) is 0 Å². The molecule has 1 heterocycles. The van der Waals surface area contributed by atoms with Crippen LogP contribution < -0.4 is 0 Å². The predicted octanol–water partition coefficient (Wildman–Crippen LogP) is 4.36. The Hall–Kier alpha value is -2.66. The predicted molar refractivity (Wildman–Crippen MR) is 89.8 cm³/mol. The molecule has 0 aliphatic rings. The molecular weight excluding hydrogens is 328 g/mol. The zero-order valence-corrected chi connectivity index (χ0v) is 14.0. The average molecular weight is 343 g/mol. The molecule has 0 amide bonds. The summed E-state index contributed by atoms with van der Waals surface area (Å²) in [6.45, 7) is 3.74. The van der Waals surface area contributed by atoms with Crippen LogP contribution in [0.5, 0.6) is 0 Å². The molecule has 0 fully saturated rings. The van der Waals surface area contributed by atoms with E-state index in [-0.39, 0.29) is 18.4 Å². The monoisotopic (exact) mass is 342 g/mol. The van der Waals surface area contributed by atoms with Gasteiger partial charge in [0.15, 0.2) is 6.61 Å². The number of halogens is 1. The number of rotatable bonds is 4. The lowest BCUT2D eigenvalue weighted by Crippen LogP contribution is -2.07. The van der Waals surface area contributed by atoms with Crippen LogP contribution in [0, 0.1) is 13.8 Å². The molecule has 0 aliphatic heterocycles. The van der Waals surface area contributed by atoms with Gasteiger partial charge in [-0.3, -0.25) is 0 Å². The topological polar surface area (TPSA) is 65.2 Å². The molecule has 3 aromatic rings. The van der Waals surface area contributed by atoms with Crippen molar-refractivity contribution in [3.05, 3.63) is 70.1 Å². The Labute approximate surface area is 144 Å². The largest absolute Gasteiger partial charge is 0.452 e. The zero-order valence-electron chi connectivity index (χ0n) is 13.2. The summed E-state index contributed by atoms with van der Waals surface area (Å²) in [4.78, 5) is 12.1. The molecule has 24 heavy (non-hydrogen) atoms. The molecule has 5 nitrogen and oxygen atoms in total. The Morgan fingerprint density at radius 2 is 1.96 bits per heavy atom. The molecule has 6 heteroatoms. The highest BCUT2D eigenvalue weighted by Crippen LogP contribution is 2.26. The minimum atomic E-state index is -0.426. The van der Waals surface area contributed by atoms with E-state index in [1.165, 1.54) is 0 Å². The van der Waals surface area contributed by atoms with Crippen LogP contribution in [0.4, 0.5) is 0 Å². The van der Waals surface area contributed by atoms with Crippen LogP contribution in [0.2, 0.25) is 5.02 Å². The number of ether oxygens (including phenoxy) is 1. The van der Waals surface area contributed by atoms with Gasteiger partial charge in [-0.05, 0) is 37.6 Å². The van der Waals surface area contributed by atoms with Gasteiger partial charge in [0.2, 0.25) is 5.89 Å². The Morgan fingerprint density at radius 3 is 2.71 bits per heavy atom. The highest BCUT2D eigenvalue weighted by atomic mass is 35.5. The van der Waals surface area contributed by atoms with Crippen molar-refractivity contribution < 1.29 is 13.9 Å². The van der Waals surface area contributed by atoms with E-state index < -0.39 is 5.97 Å².